The van der Waals surface area contributed by atoms with Crippen LogP contribution >= 0.6 is 43.6 Å². The first-order valence-corrected chi connectivity index (χ1v) is 8.20. The Morgan fingerprint density at radius 3 is 2.47 bits per heavy atom. The van der Waals surface area contributed by atoms with Gasteiger partial charge in [0.1, 0.15) is 0 Å². The molecule has 2 aromatic rings. The van der Waals surface area contributed by atoms with Gasteiger partial charge in [0, 0.05) is 20.5 Å². The Hall–Kier alpha value is -0.250. The normalized spacial score (nSPS) is 10.5. The van der Waals surface area contributed by atoms with E-state index in [0.29, 0.717) is 0 Å². The highest BCUT2D eigenvalue weighted by atomic mass is 79.9. The lowest BCUT2D eigenvalue weighted by Crippen LogP contribution is -1.86. The van der Waals surface area contributed by atoms with Gasteiger partial charge in [0.2, 0.25) is 0 Å². The molecule has 0 spiro atoms. The van der Waals surface area contributed by atoms with Crippen LogP contribution in [-0.4, -0.2) is 0 Å². The van der Waals surface area contributed by atoms with E-state index >= 15 is 0 Å². The van der Waals surface area contributed by atoms with Crippen molar-refractivity contribution in [3.8, 4) is 0 Å². The zero-order valence-electron chi connectivity index (χ0n) is 9.20. The molecule has 0 unspecified atom stereocenters. The molecule has 0 bridgehead atoms. The average molecular weight is 372 g/mol. The number of hydrogen-bond acceptors (Lipinski definition) is 1. The molecule has 0 N–H and O–H groups in total. The van der Waals surface area contributed by atoms with E-state index in [-0.39, 0.29) is 0 Å². The summed E-state index contributed by atoms with van der Waals surface area (Å²) < 4.78 is 1.17. The minimum Gasteiger partial charge on any atom is -0.121 e. The minimum absolute atomic E-state index is 0.886. The third-order valence-corrected chi connectivity index (χ3v) is 4.86. The molecule has 2 aromatic carbocycles. The standard InChI is InChI=1S/C14H12Br2S/c15-9-12-8-11(6-7-14(12)16)10-17-13-4-2-1-3-5-13/h1-8H,9-10H2. The summed E-state index contributed by atoms with van der Waals surface area (Å²) in [7, 11) is 0. The van der Waals surface area contributed by atoms with Gasteiger partial charge in [0.15, 0.2) is 0 Å². The monoisotopic (exact) mass is 370 g/mol. The van der Waals surface area contributed by atoms with Crippen molar-refractivity contribution >= 4 is 43.6 Å². The van der Waals surface area contributed by atoms with Crippen molar-refractivity contribution in [2.45, 2.75) is 16.0 Å². The van der Waals surface area contributed by atoms with Crippen molar-refractivity contribution in [2.24, 2.45) is 0 Å². The van der Waals surface area contributed by atoms with Crippen LogP contribution in [0.2, 0.25) is 0 Å². The van der Waals surface area contributed by atoms with E-state index in [1.165, 1.54) is 20.5 Å². The van der Waals surface area contributed by atoms with Crippen LogP contribution in [0.5, 0.6) is 0 Å². The maximum atomic E-state index is 3.55. The number of halogens is 2. The van der Waals surface area contributed by atoms with Gasteiger partial charge < -0.3 is 0 Å². The quantitative estimate of drug-likeness (QED) is 0.495. The predicted molar refractivity (Wildman–Crippen MR) is 82.8 cm³/mol. The molecule has 0 aliphatic heterocycles. The van der Waals surface area contributed by atoms with Crippen LogP contribution in [0.3, 0.4) is 0 Å². The fourth-order valence-corrected chi connectivity index (χ4v) is 3.59. The van der Waals surface area contributed by atoms with Crippen LogP contribution in [-0.2, 0) is 11.1 Å². The third-order valence-electron chi connectivity index (χ3n) is 2.40. The van der Waals surface area contributed by atoms with Crippen molar-refractivity contribution in [2.75, 3.05) is 0 Å². The van der Waals surface area contributed by atoms with E-state index in [2.05, 4.69) is 74.3 Å². The van der Waals surface area contributed by atoms with Gasteiger partial charge in [-0.25, -0.2) is 0 Å². The Morgan fingerprint density at radius 2 is 1.76 bits per heavy atom. The number of benzene rings is 2. The fraction of sp³-hybridized carbons (Fsp3) is 0.143. The van der Waals surface area contributed by atoms with Gasteiger partial charge in [-0.15, -0.1) is 11.8 Å². The molecule has 0 heterocycles. The van der Waals surface area contributed by atoms with Gasteiger partial charge in [-0.2, -0.15) is 0 Å². The zero-order chi connectivity index (χ0) is 12.1. The van der Waals surface area contributed by atoms with Gasteiger partial charge in [0.25, 0.3) is 0 Å². The van der Waals surface area contributed by atoms with Crippen LogP contribution in [0.25, 0.3) is 0 Å². The highest BCUT2D eigenvalue weighted by Gasteiger charge is 2.01. The van der Waals surface area contributed by atoms with E-state index in [1.807, 2.05) is 17.8 Å². The second-order valence-electron chi connectivity index (χ2n) is 3.66. The van der Waals surface area contributed by atoms with Crippen LogP contribution in [0.15, 0.2) is 57.9 Å². The van der Waals surface area contributed by atoms with Crippen molar-refractivity contribution in [3.63, 3.8) is 0 Å². The Bertz CT molecular complexity index is 483. The maximum Gasteiger partial charge on any atom is 0.0294 e. The molecule has 0 fully saturated rings. The van der Waals surface area contributed by atoms with E-state index in [0.717, 1.165) is 11.1 Å². The summed E-state index contributed by atoms with van der Waals surface area (Å²) in [5.74, 6) is 1.01. The molecule has 88 valence electrons. The summed E-state index contributed by atoms with van der Waals surface area (Å²) in [6.07, 6.45) is 0. The molecule has 3 heteroatoms. The smallest absolute Gasteiger partial charge is 0.0294 e. The lowest BCUT2D eigenvalue weighted by molar-refractivity contribution is 1.31. The van der Waals surface area contributed by atoms with Crippen molar-refractivity contribution in [1.29, 1.82) is 0 Å². The van der Waals surface area contributed by atoms with Crippen molar-refractivity contribution in [1.82, 2.24) is 0 Å². The Labute approximate surface area is 123 Å². The van der Waals surface area contributed by atoms with E-state index in [9.17, 15) is 0 Å². The molecule has 0 saturated carbocycles. The first kappa shape index (κ1) is 13.2. The van der Waals surface area contributed by atoms with Crippen LogP contribution in [0.1, 0.15) is 11.1 Å². The summed E-state index contributed by atoms with van der Waals surface area (Å²) in [6, 6.07) is 17.0. The van der Waals surface area contributed by atoms with Crippen LogP contribution in [0, 0.1) is 0 Å². The molecule has 0 radical (unpaired) electrons. The van der Waals surface area contributed by atoms with E-state index < -0.39 is 0 Å². The molecule has 0 saturated heterocycles. The van der Waals surface area contributed by atoms with Gasteiger partial charge >= 0.3 is 0 Å². The van der Waals surface area contributed by atoms with Gasteiger partial charge in [-0.1, -0.05) is 62.2 Å². The molecule has 0 aliphatic rings. The molecule has 0 amide bonds. The fourth-order valence-electron chi connectivity index (χ4n) is 1.50. The number of thioether (sulfide) groups is 1. The van der Waals surface area contributed by atoms with E-state index in [4.69, 9.17) is 0 Å². The zero-order valence-corrected chi connectivity index (χ0v) is 13.2. The second kappa shape index (κ2) is 6.62. The highest BCUT2D eigenvalue weighted by Crippen LogP contribution is 2.26. The summed E-state index contributed by atoms with van der Waals surface area (Å²) in [4.78, 5) is 1.32. The Kier molecular flexibility index (Phi) is 5.14. The molecule has 2 rings (SSSR count). The predicted octanol–water partition coefficient (Wildman–Crippen LogP) is 5.64. The van der Waals surface area contributed by atoms with E-state index in [1.54, 1.807) is 0 Å². The Balaban J connectivity index is 2.04. The minimum atomic E-state index is 0.886. The number of rotatable bonds is 4. The molecular weight excluding hydrogens is 360 g/mol. The molecule has 0 nitrogen and oxygen atoms in total. The summed E-state index contributed by atoms with van der Waals surface area (Å²) >= 11 is 8.92. The van der Waals surface area contributed by atoms with Gasteiger partial charge in [0.05, 0.1) is 0 Å². The van der Waals surface area contributed by atoms with Gasteiger partial charge in [-0.3, -0.25) is 0 Å². The third kappa shape index (κ3) is 3.87. The maximum absolute atomic E-state index is 3.55. The first-order valence-electron chi connectivity index (χ1n) is 5.30. The van der Waals surface area contributed by atoms with Crippen molar-refractivity contribution < 1.29 is 0 Å². The number of alkyl halides is 1. The molecular formula is C14H12Br2S. The topological polar surface area (TPSA) is 0 Å². The molecule has 0 atom stereocenters. The SMILES string of the molecule is BrCc1cc(CSc2ccccc2)ccc1Br. The lowest BCUT2D eigenvalue weighted by Gasteiger charge is -2.05. The Morgan fingerprint density at radius 1 is 1.00 bits per heavy atom. The van der Waals surface area contributed by atoms with Crippen molar-refractivity contribution in [3.05, 3.63) is 64.1 Å². The summed E-state index contributed by atoms with van der Waals surface area (Å²) in [5.41, 5.74) is 2.66. The summed E-state index contributed by atoms with van der Waals surface area (Å²) in [5, 5.41) is 0.886. The lowest BCUT2D eigenvalue weighted by atomic mass is 10.2. The van der Waals surface area contributed by atoms with Crippen LogP contribution < -0.4 is 0 Å². The average Bonchev–Trinajstić information content (AvgIpc) is 2.39. The van der Waals surface area contributed by atoms with Gasteiger partial charge in [-0.05, 0) is 29.3 Å². The molecule has 0 aliphatic carbocycles. The first-order chi connectivity index (χ1) is 8.29. The number of hydrogen-bond donors (Lipinski definition) is 0. The highest BCUT2D eigenvalue weighted by molar-refractivity contribution is 9.10. The second-order valence-corrected chi connectivity index (χ2v) is 6.12. The largest absolute Gasteiger partial charge is 0.121 e. The molecule has 17 heavy (non-hydrogen) atoms. The summed E-state index contributed by atoms with van der Waals surface area (Å²) in [6.45, 7) is 0. The molecule has 0 aromatic heterocycles. The van der Waals surface area contributed by atoms with Crippen LogP contribution in [0.4, 0.5) is 0 Å².